The van der Waals surface area contributed by atoms with Crippen molar-refractivity contribution < 1.29 is 8.42 Å². The van der Waals surface area contributed by atoms with E-state index >= 15 is 0 Å². The van der Waals surface area contributed by atoms with Crippen LogP contribution in [0.3, 0.4) is 0 Å². The highest BCUT2D eigenvalue weighted by Gasteiger charge is 2.29. The third-order valence-electron chi connectivity index (χ3n) is 4.21. The predicted octanol–water partition coefficient (Wildman–Crippen LogP) is 2.86. The molecule has 0 radical (unpaired) electrons. The van der Waals surface area contributed by atoms with Crippen LogP contribution in [0.15, 0.2) is 46.9 Å². The molecule has 3 aromatic rings. The first kappa shape index (κ1) is 16.7. The van der Waals surface area contributed by atoms with Crippen molar-refractivity contribution in [1.82, 2.24) is 14.3 Å². The molecule has 0 saturated carbocycles. The minimum atomic E-state index is -3.53. The Morgan fingerprint density at radius 3 is 2.64 bits per heavy atom. The van der Waals surface area contributed by atoms with Crippen molar-refractivity contribution >= 4 is 49.0 Å². The van der Waals surface area contributed by atoms with Gasteiger partial charge in [-0.2, -0.15) is 4.31 Å². The van der Waals surface area contributed by atoms with Gasteiger partial charge >= 0.3 is 0 Å². The van der Waals surface area contributed by atoms with E-state index in [0.717, 1.165) is 16.0 Å². The molecule has 130 valence electrons. The van der Waals surface area contributed by atoms with E-state index in [1.807, 2.05) is 11.4 Å². The minimum absolute atomic E-state index is 0.232. The minimum Gasteiger partial charge on any atom is -0.353 e. The molecule has 0 aliphatic carbocycles. The highest BCUT2D eigenvalue weighted by Crippen LogP contribution is 2.28. The van der Waals surface area contributed by atoms with Crippen LogP contribution in [0.1, 0.15) is 0 Å². The van der Waals surface area contributed by atoms with Crippen molar-refractivity contribution in [3.63, 3.8) is 0 Å². The third kappa shape index (κ3) is 3.10. The van der Waals surface area contributed by atoms with E-state index in [4.69, 9.17) is 11.6 Å². The summed E-state index contributed by atoms with van der Waals surface area (Å²) in [4.78, 5) is 11.9. The number of hydrogen-bond donors (Lipinski definition) is 0. The van der Waals surface area contributed by atoms with Crippen LogP contribution in [0.4, 0.5) is 5.82 Å². The van der Waals surface area contributed by atoms with Gasteiger partial charge in [0.2, 0.25) is 10.0 Å². The van der Waals surface area contributed by atoms with Gasteiger partial charge in [0, 0.05) is 31.2 Å². The van der Waals surface area contributed by atoms with E-state index in [1.54, 1.807) is 35.9 Å². The molecule has 2 aromatic heterocycles. The van der Waals surface area contributed by atoms with Gasteiger partial charge < -0.3 is 4.90 Å². The van der Waals surface area contributed by atoms with Crippen LogP contribution >= 0.6 is 22.9 Å². The number of halogens is 1. The number of nitrogens with zero attached hydrogens (tertiary/aromatic N) is 4. The van der Waals surface area contributed by atoms with Gasteiger partial charge in [0.05, 0.1) is 10.3 Å². The highest BCUT2D eigenvalue weighted by molar-refractivity contribution is 7.89. The van der Waals surface area contributed by atoms with Crippen LogP contribution in [-0.2, 0) is 10.0 Å². The Hall–Kier alpha value is -1.74. The maximum absolute atomic E-state index is 12.8. The van der Waals surface area contributed by atoms with Crippen molar-refractivity contribution in [1.29, 1.82) is 0 Å². The first-order valence-corrected chi connectivity index (χ1v) is 10.4. The van der Waals surface area contributed by atoms with E-state index in [0.29, 0.717) is 31.2 Å². The van der Waals surface area contributed by atoms with Gasteiger partial charge in [0.15, 0.2) is 0 Å². The number of thiophene rings is 1. The standard InChI is InChI=1S/C16H15ClN4O2S2/c17-12-2-1-3-13(10-12)25(22,23)21-7-5-20(6-8-21)15-14-4-9-24-16(14)19-11-18-15/h1-4,9-11H,5-8H2. The Balaban J connectivity index is 1.54. The van der Waals surface area contributed by atoms with Crippen molar-refractivity contribution in [2.75, 3.05) is 31.1 Å². The van der Waals surface area contributed by atoms with Crippen LogP contribution in [0.5, 0.6) is 0 Å². The molecule has 6 nitrogen and oxygen atoms in total. The Labute approximate surface area is 154 Å². The molecule has 0 atom stereocenters. The molecular formula is C16H15ClN4O2S2. The zero-order chi connectivity index (χ0) is 17.4. The molecule has 1 fully saturated rings. The van der Waals surface area contributed by atoms with Gasteiger partial charge in [-0.1, -0.05) is 17.7 Å². The lowest BCUT2D eigenvalue weighted by Crippen LogP contribution is -2.49. The summed E-state index contributed by atoms with van der Waals surface area (Å²) in [5.41, 5.74) is 0. The Morgan fingerprint density at radius 2 is 1.88 bits per heavy atom. The zero-order valence-electron chi connectivity index (χ0n) is 13.2. The van der Waals surface area contributed by atoms with E-state index < -0.39 is 10.0 Å². The second-order valence-corrected chi connectivity index (χ2v) is 8.95. The van der Waals surface area contributed by atoms with Gasteiger partial charge in [-0.05, 0) is 29.6 Å². The monoisotopic (exact) mass is 394 g/mol. The summed E-state index contributed by atoms with van der Waals surface area (Å²) in [5.74, 6) is 0.867. The average Bonchev–Trinajstić information content (AvgIpc) is 3.10. The largest absolute Gasteiger partial charge is 0.353 e. The molecule has 3 heterocycles. The van der Waals surface area contributed by atoms with E-state index in [-0.39, 0.29) is 4.90 Å². The lowest BCUT2D eigenvalue weighted by atomic mass is 10.3. The predicted molar refractivity (Wildman–Crippen MR) is 99.8 cm³/mol. The summed E-state index contributed by atoms with van der Waals surface area (Å²) in [6.07, 6.45) is 1.56. The van der Waals surface area contributed by atoms with Crippen LogP contribution in [0, 0.1) is 0 Å². The van der Waals surface area contributed by atoms with Gasteiger partial charge in [-0.25, -0.2) is 18.4 Å². The van der Waals surface area contributed by atoms with Gasteiger partial charge in [0.1, 0.15) is 17.0 Å². The second kappa shape index (κ2) is 6.53. The molecule has 9 heteroatoms. The average molecular weight is 395 g/mol. The molecule has 0 bridgehead atoms. The van der Waals surface area contributed by atoms with Crippen molar-refractivity contribution in [3.8, 4) is 0 Å². The van der Waals surface area contributed by atoms with Crippen LogP contribution in [-0.4, -0.2) is 48.9 Å². The van der Waals surface area contributed by atoms with Crippen molar-refractivity contribution in [2.45, 2.75) is 4.90 Å². The molecule has 1 aliphatic heterocycles. The molecule has 0 amide bonds. The zero-order valence-corrected chi connectivity index (χ0v) is 15.6. The fourth-order valence-corrected chi connectivity index (χ4v) is 5.40. The molecule has 1 aliphatic rings. The number of anilines is 1. The summed E-state index contributed by atoms with van der Waals surface area (Å²) >= 11 is 7.51. The van der Waals surface area contributed by atoms with E-state index in [9.17, 15) is 8.42 Å². The maximum Gasteiger partial charge on any atom is 0.243 e. The van der Waals surface area contributed by atoms with Crippen molar-refractivity contribution in [3.05, 3.63) is 47.1 Å². The molecule has 1 aromatic carbocycles. The summed E-state index contributed by atoms with van der Waals surface area (Å²) in [6, 6.07) is 8.39. The highest BCUT2D eigenvalue weighted by atomic mass is 35.5. The summed E-state index contributed by atoms with van der Waals surface area (Å²) in [7, 11) is -3.53. The Bertz CT molecular complexity index is 1010. The molecule has 4 rings (SSSR count). The number of hydrogen-bond acceptors (Lipinski definition) is 6. The molecule has 25 heavy (non-hydrogen) atoms. The number of piperazine rings is 1. The molecule has 0 unspecified atom stereocenters. The molecular weight excluding hydrogens is 380 g/mol. The van der Waals surface area contributed by atoms with Gasteiger partial charge in [-0.15, -0.1) is 11.3 Å². The van der Waals surface area contributed by atoms with E-state index in [1.165, 1.54) is 10.4 Å². The number of sulfonamides is 1. The topological polar surface area (TPSA) is 66.4 Å². The van der Waals surface area contributed by atoms with Crippen LogP contribution in [0.2, 0.25) is 5.02 Å². The number of fused-ring (bicyclic) bond motifs is 1. The van der Waals surface area contributed by atoms with Crippen molar-refractivity contribution in [2.24, 2.45) is 0 Å². The summed E-state index contributed by atoms with van der Waals surface area (Å²) in [5, 5.41) is 3.42. The SMILES string of the molecule is O=S(=O)(c1cccc(Cl)c1)N1CCN(c2ncnc3sccc23)CC1. The van der Waals surface area contributed by atoms with Gasteiger partial charge in [-0.3, -0.25) is 0 Å². The number of aromatic nitrogens is 2. The fourth-order valence-electron chi connectivity index (χ4n) is 2.95. The van der Waals surface area contributed by atoms with Crippen LogP contribution < -0.4 is 4.90 Å². The quantitative estimate of drug-likeness (QED) is 0.683. The maximum atomic E-state index is 12.8. The van der Waals surface area contributed by atoms with E-state index in [2.05, 4.69) is 14.9 Å². The summed E-state index contributed by atoms with van der Waals surface area (Å²) in [6.45, 7) is 1.98. The Kier molecular flexibility index (Phi) is 4.36. The lowest BCUT2D eigenvalue weighted by molar-refractivity contribution is 0.384. The molecule has 0 N–H and O–H groups in total. The lowest BCUT2D eigenvalue weighted by Gasteiger charge is -2.34. The Morgan fingerprint density at radius 1 is 1.08 bits per heavy atom. The number of rotatable bonds is 3. The normalized spacial score (nSPS) is 16.4. The number of benzene rings is 1. The smallest absolute Gasteiger partial charge is 0.243 e. The van der Waals surface area contributed by atoms with Crippen LogP contribution in [0.25, 0.3) is 10.2 Å². The fraction of sp³-hybridized carbons (Fsp3) is 0.250. The second-order valence-electron chi connectivity index (χ2n) is 5.69. The summed E-state index contributed by atoms with van der Waals surface area (Å²) < 4.78 is 27.1. The van der Waals surface area contributed by atoms with Gasteiger partial charge in [0.25, 0.3) is 0 Å². The molecule has 0 spiro atoms. The molecule has 1 saturated heterocycles. The first-order chi connectivity index (χ1) is 12.1. The first-order valence-electron chi connectivity index (χ1n) is 7.74. The third-order valence-corrected chi connectivity index (χ3v) is 7.16.